The van der Waals surface area contributed by atoms with E-state index < -0.39 is 5.82 Å². The number of ketones is 1. The second-order valence-corrected chi connectivity index (χ2v) is 4.54. The normalized spacial score (nSPS) is 10.7. The van der Waals surface area contributed by atoms with Gasteiger partial charge in [-0.1, -0.05) is 11.6 Å². The first-order valence-corrected chi connectivity index (χ1v) is 5.83. The molecule has 2 rings (SSSR count). The number of Topliss-reactive ketones (excluding diaryl/α,β-unsaturated/α-hetero) is 1. The Balaban J connectivity index is 2.22. The molecule has 0 amide bonds. The summed E-state index contributed by atoms with van der Waals surface area (Å²) in [5.74, 6) is -0.635. The molecule has 18 heavy (non-hydrogen) atoms. The lowest BCUT2D eigenvalue weighted by atomic mass is 10.1. The van der Waals surface area contributed by atoms with Crippen LogP contribution in [0.15, 0.2) is 24.3 Å². The van der Waals surface area contributed by atoms with Gasteiger partial charge in [-0.2, -0.15) is 5.10 Å². The van der Waals surface area contributed by atoms with Crippen LogP contribution in [0.25, 0.3) is 0 Å². The number of carbonyl (C=O) groups is 1. The molecule has 1 aromatic carbocycles. The highest BCUT2D eigenvalue weighted by atomic mass is 35.5. The fraction of sp³-hybridized carbons (Fsp3) is 0.231. The molecular weight excluding hydrogens is 255 g/mol. The number of aryl methyl sites for hydroxylation is 2. The largest absolute Gasteiger partial charge is 0.294 e. The van der Waals surface area contributed by atoms with Crippen molar-refractivity contribution in [2.45, 2.75) is 13.3 Å². The number of rotatable bonds is 3. The van der Waals surface area contributed by atoms with Gasteiger partial charge >= 0.3 is 0 Å². The highest BCUT2D eigenvalue weighted by molar-refractivity contribution is 6.31. The first kappa shape index (κ1) is 12.8. The van der Waals surface area contributed by atoms with Crippen LogP contribution in [0.3, 0.4) is 0 Å². The van der Waals surface area contributed by atoms with Crippen molar-refractivity contribution in [1.29, 1.82) is 0 Å². The third-order valence-electron chi connectivity index (χ3n) is 2.68. The van der Waals surface area contributed by atoms with E-state index in [0.29, 0.717) is 5.56 Å². The predicted molar refractivity (Wildman–Crippen MR) is 67.4 cm³/mol. The van der Waals surface area contributed by atoms with Gasteiger partial charge in [-0.3, -0.25) is 9.48 Å². The van der Waals surface area contributed by atoms with Crippen LogP contribution < -0.4 is 0 Å². The summed E-state index contributed by atoms with van der Waals surface area (Å²) in [6.45, 7) is 1.86. The first-order valence-electron chi connectivity index (χ1n) is 5.45. The molecule has 0 fully saturated rings. The minimum Gasteiger partial charge on any atom is -0.294 e. The predicted octanol–water partition coefficient (Wildman–Crippen LogP) is 2.95. The third-order valence-corrected chi connectivity index (χ3v) is 2.97. The van der Waals surface area contributed by atoms with E-state index in [1.54, 1.807) is 11.7 Å². The van der Waals surface area contributed by atoms with Crippen LogP contribution in [0, 0.1) is 12.7 Å². The fourth-order valence-corrected chi connectivity index (χ4v) is 1.95. The minimum atomic E-state index is -0.524. The molecule has 0 spiro atoms. The van der Waals surface area contributed by atoms with Crippen molar-refractivity contribution in [1.82, 2.24) is 9.78 Å². The van der Waals surface area contributed by atoms with Gasteiger partial charge in [0.25, 0.3) is 0 Å². The molecule has 1 heterocycles. The molecule has 3 nitrogen and oxygen atoms in total. The highest BCUT2D eigenvalue weighted by Crippen LogP contribution is 2.17. The van der Waals surface area contributed by atoms with Crippen LogP contribution in [-0.4, -0.2) is 15.6 Å². The summed E-state index contributed by atoms with van der Waals surface area (Å²) in [7, 11) is 1.78. The van der Waals surface area contributed by atoms with E-state index in [2.05, 4.69) is 5.10 Å². The van der Waals surface area contributed by atoms with Crippen LogP contribution in [-0.2, 0) is 13.5 Å². The van der Waals surface area contributed by atoms with Gasteiger partial charge in [0, 0.05) is 18.3 Å². The zero-order chi connectivity index (χ0) is 13.3. The van der Waals surface area contributed by atoms with E-state index in [9.17, 15) is 9.18 Å². The van der Waals surface area contributed by atoms with Crippen LogP contribution in [0.2, 0.25) is 5.02 Å². The van der Waals surface area contributed by atoms with Gasteiger partial charge in [-0.15, -0.1) is 0 Å². The van der Waals surface area contributed by atoms with Crippen molar-refractivity contribution in [3.63, 3.8) is 0 Å². The Labute approximate surface area is 109 Å². The Morgan fingerprint density at radius 3 is 2.72 bits per heavy atom. The maximum Gasteiger partial charge on any atom is 0.168 e. The van der Waals surface area contributed by atoms with Gasteiger partial charge in [0.1, 0.15) is 5.82 Å². The molecule has 0 radical (unpaired) electrons. The molecule has 0 aliphatic heterocycles. The number of hydrogen-bond acceptors (Lipinski definition) is 2. The molecule has 0 saturated heterocycles. The molecule has 94 valence electrons. The molecule has 0 bridgehead atoms. The summed E-state index contributed by atoms with van der Waals surface area (Å²) < 4.78 is 14.7. The standard InChI is InChI=1S/C13H12ClFN2O/c1-8-5-10(17(2)16-8)7-13(18)9-3-4-12(15)11(14)6-9/h3-6H,7H2,1-2H3. The Morgan fingerprint density at radius 1 is 1.44 bits per heavy atom. The van der Waals surface area contributed by atoms with Crippen molar-refractivity contribution in [3.05, 3.63) is 52.1 Å². The maximum absolute atomic E-state index is 13.0. The number of benzene rings is 1. The van der Waals surface area contributed by atoms with Crippen molar-refractivity contribution in [2.24, 2.45) is 7.05 Å². The first-order chi connectivity index (χ1) is 8.47. The zero-order valence-electron chi connectivity index (χ0n) is 10.1. The Kier molecular flexibility index (Phi) is 3.48. The lowest BCUT2D eigenvalue weighted by molar-refractivity contribution is 0.0990. The van der Waals surface area contributed by atoms with Crippen LogP contribution in [0.4, 0.5) is 4.39 Å². The van der Waals surface area contributed by atoms with Gasteiger partial charge in [-0.25, -0.2) is 4.39 Å². The van der Waals surface area contributed by atoms with E-state index in [-0.39, 0.29) is 17.2 Å². The number of halogens is 2. The monoisotopic (exact) mass is 266 g/mol. The van der Waals surface area contributed by atoms with Gasteiger partial charge in [-0.05, 0) is 31.2 Å². The third kappa shape index (κ3) is 2.59. The molecule has 0 atom stereocenters. The van der Waals surface area contributed by atoms with Crippen LogP contribution >= 0.6 is 11.6 Å². The van der Waals surface area contributed by atoms with E-state index in [0.717, 1.165) is 11.4 Å². The zero-order valence-corrected chi connectivity index (χ0v) is 10.8. The van der Waals surface area contributed by atoms with Gasteiger partial charge in [0.15, 0.2) is 5.78 Å². The van der Waals surface area contributed by atoms with E-state index >= 15 is 0 Å². The van der Waals surface area contributed by atoms with Gasteiger partial charge in [0.05, 0.1) is 17.1 Å². The maximum atomic E-state index is 13.0. The molecule has 0 aliphatic carbocycles. The summed E-state index contributed by atoms with van der Waals surface area (Å²) >= 11 is 5.65. The molecule has 0 saturated carbocycles. The van der Waals surface area contributed by atoms with Crippen LogP contribution in [0.1, 0.15) is 21.7 Å². The summed E-state index contributed by atoms with van der Waals surface area (Å²) in [5, 5.41) is 4.13. The SMILES string of the molecule is Cc1cc(CC(=O)c2ccc(F)c(Cl)c2)n(C)n1. The molecule has 0 unspecified atom stereocenters. The highest BCUT2D eigenvalue weighted by Gasteiger charge is 2.12. The molecule has 2 aromatic rings. The summed E-state index contributed by atoms with van der Waals surface area (Å²) in [4.78, 5) is 12.0. The molecule has 1 aromatic heterocycles. The minimum absolute atomic E-state index is 0.0398. The molecule has 0 N–H and O–H groups in total. The van der Waals surface area contributed by atoms with Crippen molar-refractivity contribution in [2.75, 3.05) is 0 Å². The van der Waals surface area contributed by atoms with Gasteiger partial charge < -0.3 is 0 Å². The Morgan fingerprint density at radius 2 is 2.17 bits per heavy atom. The smallest absolute Gasteiger partial charge is 0.168 e. The Hall–Kier alpha value is -1.68. The van der Waals surface area contributed by atoms with Crippen molar-refractivity contribution >= 4 is 17.4 Å². The number of aromatic nitrogens is 2. The number of carbonyl (C=O) groups excluding carboxylic acids is 1. The summed E-state index contributed by atoms with van der Waals surface area (Å²) in [6, 6.07) is 5.84. The van der Waals surface area contributed by atoms with E-state index in [1.165, 1.54) is 18.2 Å². The average Bonchev–Trinajstić information content (AvgIpc) is 2.61. The quantitative estimate of drug-likeness (QED) is 0.801. The Bertz CT molecular complexity index is 607. The lowest BCUT2D eigenvalue weighted by Gasteiger charge is -2.03. The molecular formula is C13H12ClFN2O. The van der Waals surface area contributed by atoms with Crippen molar-refractivity contribution in [3.8, 4) is 0 Å². The average molecular weight is 267 g/mol. The second-order valence-electron chi connectivity index (χ2n) is 4.13. The van der Waals surface area contributed by atoms with Crippen LogP contribution in [0.5, 0.6) is 0 Å². The fourth-order valence-electron chi connectivity index (χ4n) is 1.77. The van der Waals surface area contributed by atoms with Gasteiger partial charge in [0.2, 0.25) is 0 Å². The number of hydrogen-bond donors (Lipinski definition) is 0. The summed E-state index contributed by atoms with van der Waals surface area (Å²) in [6.07, 6.45) is 0.222. The van der Waals surface area contributed by atoms with Crippen molar-refractivity contribution < 1.29 is 9.18 Å². The van der Waals surface area contributed by atoms with E-state index in [4.69, 9.17) is 11.6 Å². The second kappa shape index (κ2) is 4.90. The lowest BCUT2D eigenvalue weighted by Crippen LogP contribution is -2.08. The number of nitrogens with zero attached hydrogens (tertiary/aromatic N) is 2. The van der Waals surface area contributed by atoms with E-state index in [1.807, 2.05) is 13.0 Å². The molecule has 0 aliphatic rings. The topological polar surface area (TPSA) is 34.9 Å². The molecule has 5 heteroatoms. The summed E-state index contributed by atoms with van der Waals surface area (Å²) in [5.41, 5.74) is 2.08.